The van der Waals surface area contributed by atoms with E-state index in [1.165, 1.54) is 6.92 Å². The highest BCUT2D eigenvalue weighted by atomic mass is 16.1. The van der Waals surface area contributed by atoms with E-state index in [4.69, 9.17) is 0 Å². The van der Waals surface area contributed by atoms with Gasteiger partial charge in [0, 0.05) is 44.9 Å². The highest BCUT2D eigenvalue weighted by Gasteiger charge is 2.30. The van der Waals surface area contributed by atoms with Crippen molar-refractivity contribution in [1.82, 2.24) is 4.98 Å². The van der Waals surface area contributed by atoms with Gasteiger partial charge in [-0.05, 0) is 19.1 Å². The number of rotatable bonds is 1. The molecule has 0 spiro atoms. The highest BCUT2D eigenvalue weighted by molar-refractivity contribution is 6.29. The number of nitrogens with one attached hydrogen (secondary N) is 1. The predicted octanol–water partition coefficient (Wildman–Crippen LogP) is 3.15. The lowest BCUT2D eigenvalue weighted by Crippen LogP contribution is -2.20. The molecule has 0 bridgehead atoms. The first-order valence-corrected chi connectivity index (χ1v) is 6.92. The molecule has 0 fully saturated rings. The molecule has 0 aliphatic heterocycles. The lowest BCUT2D eigenvalue weighted by atomic mass is 9.83. The zero-order chi connectivity index (χ0) is 15.4. The topological polar surface area (TPSA) is 67.0 Å². The summed E-state index contributed by atoms with van der Waals surface area (Å²) >= 11 is 0. The molecule has 2 aromatic carbocycles. The van der Waals surface area contributed by atoms with Gasteiger partial charge in [0.2, 0.25) is 0 Å². The maximum absolute atomic E-state index is 12.7. The molecule has 1 aliphatic carbocycles. The second-order valence-corrected chi connectivity index (χ2v) is 5.41. The number of Topliss-reactive ketones (excluding diaryl/α,β-unsaturated/α-hetero) is 1. The number of carbonyl (C=O) groups excluding carboxylic acids is 3. The number of H-pyrrole nitrogens is 1. The predicted molar refractivity (Wildman–Crippen MR) is 81.6 cm³/mol. The van der Waals surface area contributed by atoms with Crippen LogP contribution in [0.3, 0.4) is 0 Å². The Bertz CT molecular complexity index is 995. The third-order valence-electron chi connectivity index (χ3n) is 4.10. The summed E-state index contributed by atoms with van der Waals surface area (Å²) in [7, 11) is 0. The van der Waals surface area contributed by atoms with E-state index in [-0.39, 0.29) is 17.3 Å². The van der Waals surface area contributed by atoms with Gasteiger partial charge in [-0.2, -0.15) is 0 Å². The Kier molecular flexibility index (Phi) is 2.45. The van der Waals surface area contributed by atoms with Gasteiger partial charge in [-0.3, -0.25) is 14.4 Å². The molecule has 22 heavy (non-hydrogen) atoms. The standard InChI is InChI=1S/C18H11NO3/c1-9(20)15-8-19-16-7-14-13(6-12(15)16)17(21)10-4-2-3-5-11(10)18(14)22/h2-8,19H,1H3. The Morgan fingerprint density at radius 2 is 1.50 bits per heavy atom. The van der Waals surface area contributed by atoms with Crippen molar-refractivity contribution in [2.24, 2.45) is 0 Å². The molecule has 3 aromatic rings. The third-order valence-corrected chi connectivity index (χ3v) is 4.10. The van der Waals surface area contributed by atoms with E-state index >= 15 is 0 Å². The number of benzene rings is 2. The van der Waals surface area contributed by atoms with Crippen molar-refractivity contribution < 1.29 is 14.4 Å². The Balaban J connectivity index is 2.05. The lowest BCUT2D eigenvalue weighted by molar-refractivity contribution is 0.0979. The molecule has 1 N–H and O–H groups in total. The minimum absolute atomic E-state index is 0.0822. The number of ketones is 3. The molecule has 0 radical (unpaired) electrons. The summed E-state index contributed by atoms with van der Waals surface area (Å²) in [5, 5.41) is 0.673. The molecule has 4 nitrogen and oxygen atoms in total. The van der Waals surface area contributed by atoms with Gasteiger partial charge < -0.3 is 4.98 Å². The van der Waals surface area contributed by atoms with Crippen LogP contribution in [0.1, 0.15) is 49.1 Å². The molecular weight excluding hydrogens is 278 g/mol. The molecule has 1 heterocycles. The number of hydrogen-bond donors (Lipinski definition) is 1. The van der Waals surface area contributed by atoms with Crippen LogP contribution in [0.15, 0.2) is 42.6 Å². The van der Waals surface area contributed by atoms with Crippen molar-refractivity contribution in [3.63, 3.8) is 0 Å². The van der Waals surface area contributed by atoms with Crippen molar-refractivity contribution in [2.75, 3.05) is 0 Å². The van der Waals surface area contributed by atoms with E-state index in [1.54, 1.807) is 42.6 Å². The number of aromatic amines is 1. The molecule has 1 aliphatic rings. The van der Waals surface area contributed by atoms with Crippen LogP contribution < -0.4 is 0 Å². The number of hydrogen-bond acceptors (Lipinski definition) is 3. The monoisotopic (exact) mass is 289 g/mol. The fourth-order valence-electron chi connectivity index (χ4n) is 3.01. The van der Waals surface area contributed by atoms with Crippen LogP contribution in [0.2, 0.25) is 0 Å². The Labute approximate surface area is 125 Å². The first kappa shape index (κ1) is 12.7. The van der Waals surface area contributed by atoms with Gasteiger partial charge in [-0.1, -0.05) is 24.3 Å². The van der Waals surface area contributed by atoms with Crippen molar-refractivity contribution in [2.45, 2.75) is 6.92 Å². The minimum atomic E-state index is -0.178. The van der Waals surface area contributed by atoms with Crippen LogP contribution in [0.4, 0.5) is 0 Å². The molecule has 4 heteroatoms. The highest BCUT2D eigenvalue weighted by Crippen LogP contribution is 2.31. The summed E-state index contributed by atoms with van der Waals surface area (Å²) in [6.07, 6.45) is 1.61. The SMILES string of the molecule is CC(=O)c1c[nH]c2cc3c(cc12)C(=O)c1ccccc1C3=O. The van der Waals surface area contributed by atoms with Crippen LogP contribution in [-0.4, -0.2) is 22.3 Å². The zero-order valence-electron chi connectivity index (χ0n) is 11.8. The molecule has 0 saturated carbocycles. The van der Waals surface area contributed by atoms with Crippen molar-refractivity contribution >= 4 is 28.3 Å². The molecule has 0 unspecified atom stereocenters. The second kappa shape index (κ2) is 4.24. The van der Waals surface area contributed by atoms with Gasteiger partial charge >= 0.3 is 0 Å². The fraction of sp³-hybridized carbons (Fsp3) is 0.0556. The van der Waals surface area contributed by atoms with Crippen molar-refractivity contribution in [3.05, 3.63) is 70.4 Å². The lowest BCUT2D eigenvalue weighted by Gasteiger charge is -2.17. The average molecular weight is 289 g/mol. The Morgan fingerprint density at radius 1 is 0.909 bits per heavy atom. The smallest absolute Gasteiger partial charge is 0.194 e. The molecular formula is C18H11NO3. The quantitative estimate of drug-likeness (QED) is 0.547. The van der Waals surface area contributed by atoms with E-state index in [1.807, 2.05) is 0 Å². The maximum Gasteiger partial charge on any atom is 0.194 e. The van der Waals surface area contributed by atoms with Gasteiger partial charge in [0.1, 0.15) is 0 Å². The third kappa shape index (κ3) is 1.55. The number of carbonyl (C=O) groups is 3. The largest absolute Gasteiger partial charge is 0.360 e. The number of aromatic nitrogens is 1. The summed E-state index contributed by atoms with van der Waals surface area (Å²) in [6, 6.07) is 10.1. The number of fused-ring (bicyclic) bond motifs is 3. The van der Waals surface area contributed by atoms with Gasteiger partial charge in [0.25, 0.3) is 0 Å². The summed E-state index contributed by atoms with van der Waals surface area (Å²) in [6.45, 7) is 1.48. The van der Waals surface area contributed by atoms with E-state index in [0.29, 0.717) is 38.7 Å². The van der Waals surface area contributed by atoms with Gasteiger partial charge in [-0.25, -0.2) is 0 Å². The van der Waals surface area contributed by atoms with E-state index in [0.717, 1.165) is 0 Å². The zero-order valence-corrected chi connectivity index (χ0v) is 11.8. The Morgan fingerprint density at radius 3 is 2.09 bits per heavy atom. The first-order chi connectivity index (χ1) is 10.6. The first-order valence-electron chi connectivity index (χ1n) is 6.92. The maximum atomic E-state index is 12.7. The van der Waals surface area contributed by atoms with Gasteiger partial charge in [0.05, 0.1) is 0 Å². The summed E-state index contributed by atoms with van der Waals surface area (Å²) in [5.41, 5.74) is 2.80. The normalized spacial score (nSPS) is 13.1. The summed E-state index contributed by atoms with van der Waals surface area (Å²) < 4.78 is 0. The molecule has 0 atom stereocenters. The van der Waals surface area contributed by atoms with Crippen LogP contribution in [-0.2, 0) is 0 Å². The van der Waals surface area contributed by atoms with Crippen molar-refractivity contribution in [3.8, 4) is 0 Å². The Hall–Kier alpha value is -3.01. The van der Waals surface area contributed by atoms with Crippen molar-refractivity contribution in [1.29, 1.82) is 0 Å². The summed E-state index contributed by atoms with van der Waals surface area (Å²) in [4.78, 5) is 39.9. The van der Waals surface area contributed by atoms with E-state index in [9.17, 15) is 14.4 Å². The van der Waals surface area contributed by atoms with Crippen LogP contribution in [0.25, 0.3) is 10.9 Å². The van der Waals surface area contributed by atoms with Crippen LogP contribution >= 0.6 is 0 Å². The van der Waals surface area contributed by atoms with Gasteiger partial charge in [0.15, 0.2) is 17.3 Å². The van der Waals surface area contributed by atoms with Crippen LogP contribution in [0, 0.1) is 0 Å². The molecule has 1 aromatic heterocycles. The molecule has 0 amide bonds. The molecule has 4 rings (SSSR count). The van der Waals surface area contributed by atoms with Gasteiger partial charge in [-0.15, -0.1) is 0 Å². The summed E-state index contributed by atoms with van der Waals surface area (Å²) in [5.74, 6) is -0.421. The minimum Gasteiger partial charge on any atom is -0.360 e. The van der Waals surface area contributed by atoms with E-state index < -0.39 is 0 Å². The fourth-order valence-corrected chi connectivity index (χ4v) is 3.01. The van der Waals surface area contributed by atoms with Crippen LogP contribution in [0.5, 0.6) is 0 Å². The average Bonchev–Trinajstić information content (AvgIpc) is 2.94. The molecule has 106 valence electrons. The second-order valence-electron chi connectivity index (χ2n) is 5.41. The molecule has 0 saturated heterocycles. The van der Waals surface area contributed by atoms with E-state index in [2.05, 4.69) is 4.98 Å².